The number of aromatic hydroxyl groups is 1. The number of aryl methyl sites for hydroxylation is 1. The standard InChI is InChI=1S/C15H12FN3O2/c1-9-14(19-8-10(16)6-7-13(19)17-9)15(21)18-11-4-2-3-5-12(11)20/h2-8,20H,1H3,(H,18,21). The minimum atomic E-state index is -0.466. The van der Waals surface area contributed by atoms with Gasteiger partial charge in [-0.3, -0.25) is 9.20 Å². The Hall–Kier alpha value is -2.89. The van der Waals surface area contributed by atoms with E-state index >= 15 is 0 Å². The lowest BCUT2D eigenvalue weighted by molar-refractivity contribution is 0.102. The molecule has 0 aliphatic carbocycles. The van der Waals surface area contributed by atoms with Crippen LogP contribution in [-0.2, 0) is 0 Å². The van der Waals surface area contributed by atoms with Crippen LogP contribution in [0, 0.1) is 12.7 Å². The number of imidazole rings is 1. The largest absolute Gasteiger partial charge is 0.506 e. The molecule has 2 heterocycles. The van der Waals surface area contributed by atoms with E-state index in [4.69, 9.17) is 0 Å². The van der Waals surface area contributed by atoms with Gasteiger partial charge in [-0.25, -0.2) is 9.37 Å². The lowest BCUT2D eigenvalue weighted by atomic mass is 10.2. The maximum Gasteiger partial charge on any atom is 0.274 e. The highest BCUT2D eigenvalue weighted by molar-refractivity contribution is 6.05. The number of hydrogen-bond donors (Lipinski definition) is 2. The molecule has 5 nitrogen and oxygen atoms in total. The van der Waals surface area contributed by atoms with E-state index in [1.165, 1.54) is 28.8 Å². The SMILES string of the molecule is Cc1nc2ccc(F)cn2c1C(=O)Nc1ccccc1O. The quantitative estimate of drug-likeness (QED) is 0.711. The van der Waals surface area contributed by atoms with E-state index in [1.54, 1.807) is 25.1 Å². The van der Waals surface area contributed by atoms with Crippen LogP contribution in [0.15, 0.2) is 42.6 Å². The third-order valence-corrected chi connectivity index (χ3v) is 3.12. The van der Waals surface area contributed by atoms with E-state index in [9.17, 15) is 14.3 Å². The summed E-state index contributed by atoms with van der Waals surface area (Å²) < 4.78 is 14.7. The van der Waals surface area contributed by atoms with Crippen molar-refractivity contribution in [1.82, 2.24) is 9.38 Å². The first-order chi connectivity index (χ1) is 10.1. The molecule has 3 rings (SSSR count). The van der Waals surface area contributed by atoms with E-state index < -0.39 is 11.7 Å². The second kappa shape index (κ2) is 4.90. The number of carbonyl (C=O) groups excluding carboxylic acids is 1. The first-order valence-electron chi connectivity index (χ1n) is 6.30. The van der Waals surface area contributed by atoms with Crippen LogP contribution in [0.2, 0.25) is 0 Å². The van der Waals surface area contributed by atoms with Crippen LogP contribution in [0.5, 0.6) is 5.75 Å². The van der Waals surface area contributed by atoms with Gasteiger partial charge in [-0.1, -0.05) is 12.1 Å². The van der Waals surface area contributed by atoms with Gasteiger partial charge in [-0.15, -0.1) is 0 Å². The summed E-state index contributed by atoms with van der Waals surface area (Å²) in [6.07, 6.45) is 1.20. The second-order valence-electron chi connectivity index (χ2n) is 4.59. The number of carbonyl (C=O) groups is 1. The van der Waals surface area contributed by atoms with Gasteiger partial charge in [0.15, 0.2) is 0 Å². The molecular weight excluding hydrogens is 273 g/mol. The van der Waals surface area contributed by atoms with E-state index in [1.807, 2.05) is 0 Å². The predicted molar refractivity (Wildman–Crippen MR) is 75.9 cm³/mol. The van der Waals surface area contributed by atoms with Gasteiger partial charge in [0, 0.05) is 6.20 Å². The van der Waals surface area contributed by atoms with Crippen LogP contribution in [0.3, 0.4) is 0 Å². The fraction of sp³-hybridized carbons (Fsp3) is 0.0667. The van der Waals surface area contributed by atoms with Gasteiger partial charge >= 0.3 is 0 Å². The number of anilines is 1. The van der Waals surface area contributed by atoms with Crippen molar-refractivity contribution < 1.29 is 14.3 Å². The number of halogens is 1. The molecule has 0 aliphatic heterocycles. The molecular formula is C15H12FN3O2. The van der Waals surface area contributed by atoms with Gasteiger partial charge in [-0.2, -0.15) is 0 Å². The predicted octanol–water partition coefficient (Wildman–Crippen LogP) is 2.74. The third kappa shape index (κ3) is 2.31. The molecule has 1 amide bonds. The highest BCUT2D eigenvalue weighted by Crippen LogP contribution is 2.23. The molecule has 1 aromatic carbocycles. The van der Waals surface area contributed by atoms with Crippen molar-refractivity contribution >= 4 is 17.2 Å². The monoisotopic (exact) mass is 285 g/mol. The van der Waals surface area contributed by atoms with Crippen LogP contribution in [0.4, 0.5) is 10.1 Å². The number of benzene rings is 1. The van der Waals surface area contributed by atoms with Crippen molar-refractivity contribution in [3.05, 3.63) is 59.8 Å². The van der Waals surface area contributed by atoms with Gasteiger partial charge in [0.05, 0.1) is 11.4 Å². The smallest absolute Gasteiger partial charge is 0.274 e. The highest BCUT2D eigenvalue weighted by atomic mass is 19.1. The average Bonchev–Trinajstić information content (AvgIpc) is 2.76. The number of nitrogens with one attached hydrogen (secondary N) is 1. The van der Waals surface area contributed by atoms with E-state index in [-0.39, 0.29) is 17.1 Å². The van der Waals surface area contributed by atoms with Crippen molar-refractivity contribution in [2.45, 2.75) is 6.92 Å². The minimum Gasteiger partial charge on any atom is -0.506 e. The molecule has 2 aromatic heterocycles. The number of para-hydroxylation sites is 2. The Kier molecular flexibility index (Phi) is 3.06. The fourth-order valence-electron chi connectivity index (χ4n) is 2.17. The molecule has 3 aromatic rings. The Balaban J connectivity index is 2.04. The van der Waals surface area contributed by atoms with Gasteiger partial charge in [-0.05, 0) is 31.2 Å². The molecule has 0 fully saturated rings. The lowest BCUT2D eigenvalue weighted by Gasteiger charge is -2.07. The number of nitrogens with zero attached hydrogens (tertiary/aromatic N) is 2. The molecule has 0 saturated heterocycles. The third-order valence-electron chi connectivity index (χ3n) is 3.12. The summed E-state index contributed by atoms with van der Waals surface area (Å²) in [7, 11) is 0. The zero-order valence-electron chi connectivity index (χ0n) is 11.2. The summed E-state index contributed by atoms with van der Waals surface area (Å²) in [6.45, 7) is 1.67. The molecule has 0 bridgehead atoms. The number of amides is 1. The second-order valence-corrected chi connectivity index (χ2v) is 4.59. The van der Waals surface area contributed by atoms with Crippen LogP contribution >= 0.6 is 0 Å². The molecule has 21 heavy (non-hydrogen) atoms. The molecule has 0 saturated carbocycles. The van der Waals surface area contributed by atoms with Crippen molar-refractivity contribution in [2.75, 3.05) is 5.32 Å². The van der Waals surface area contributed by atoms with E-state index in [0.717, 1.165) is 0 Å². The number of aromatic nitrogens is 2. The Morgan fingerprint density at radius 3 is 2.81 bits per heavy atom. The zero-order chi connectivity index (χ0) is 15.0. The van der Waals surface area contributed by atoms with Gasteiger partial charge in [0.25, 0.3) is 5.91 Å². The van der Waals surface area contributed by atoms with Gasteiger partial charge in [0.1, 0.15) is 22.9 Å². The molecule has 6 heteroatoms. The summed E-state index contributed by atoms with van der Waals surface area (Å²) in [4.78, 5) is 16.6. The van der Waals surface area contributed by atoms with Crippen LogP contribution < -0.4 is 5.32 Å². The van der Waals surface area contributed by atoms with Crippen LogP contribution in [-0.4, -0.2) is 20.4 Å². The Morgan fingerprint density at radius 1 is 1.29 bits per heavy atom. The summed E-state index contributed by atoms with van der Waals surface area (Å²) in [5.74, 6) is -0.966. The van der Waals surface area contributed by atoms with Crippen LogP contribution in [0.25, 0.3) is 5.65 Å². The van der Waals surface area contributed by atoms with Gasteiger partial charge < -0.3 is 10.4 Å². The Bertz CT molecular complexity index is 842. The number of phenolic OH excluding ortho intramolecular Hbond substituents is 1. The summed E-state index contributed by atoms with van der Waals surface area (Å²) in [6, 6.07) is 9.17. The number of phenols is 1. The van der Waals surface area contributed by atoms with Crippen molar-refractivity contribution in [1.29, 1.82) is 0 Å². The Labute approximate surface area is 119 Å². The fourth-order valence-corrected chi connectivity index (χ4v) is 2.17. The topological polar surface area (TPSA) is 66.6 Å². The summed E-state index contributed by atoms with van der Waals surface area (Å²) in [5, 5.41) is 12.3. The zero-order valence-corrected chi connectivity index (χ0v) is 11.2. The lowest BCUT2D eigenvalue weighted by Crippen LogP contribution is -2.15. The first-order valence-corrected chi connectivity index (χ1v) is 6.30. The average molecular weight is 285 g/mol. The van der Waals surface area contributed by atoms with Crippen molar-refractivity contribution in [2.24, 2.45) is 0 Å². The molecule has 106 valence electrons. The molecule has 0 unspecified atom stereocenters. The van der Waals surface area contributed by atoms with Crippen LogP contribution in [0.1, 0.15) is 16.2 Å². The maximum atomic E-state index is 13.4. The van der Waals surface area contributed by atoms with Gasteiger partial charge in [0.2, 0.25) is 0 Å². The van der Waals surface area contributed by atoms with Crippen molar-refractivity contribution in [3.8, 4) is 5.75 Å². The van der Waals surface area contributed by atoms with E-state index in [2.05, 4.69) is 10.3 Å². The molecule has 0 spiro atoms. The summed E-state index contributed by atoms with van der Waals surface area (Å²) >= 11 is 0. The van der Waals surface area contributed by atoms with E-state index in [0.29, 0.717) is 11.3 Å². The number of pyridine rings is 1. The Morgan fingerprint density at radius 2 is 2.05 bits per heavy atom. The molecule has 0 atom stereocenters. The first kappa shape index (κ1) is 13.1. The summed E-state index contributed by atoms with van der Waals surface area (Å²) in [5.41, 5.74) is 1.48. The molecule has 0 radical (unpaired) electrons. The number of rotatable bonds is 2. The minimum absolute atomic E-state index is 0.0384. The maximum absolute atomic E-state index is 13.4. The van der Waals surface area contributed by atoms with Crippen molar-refractivity contribution in [3.63, 3.8) is 0 Å². The highest BCUT2D eigenvalue weighted by Gasteiger charge is 2.18. The normalized spacial score (nSPS) is 10.8. The number of fused-ring (bicyclic) bond motifs is 1. The number of hydrogen-bond acceptors (Lipinski definition) is 3. The molecule has 2 N–H and O–H groups in total. The molecule has 0 aliphatic rings.